The molecule has 0 bridgehead atoms. The summed E-state index contributed by atoms with van der Waals surface area (Å²) in [4.78, 5) is 7.17. The average molecular weight is 472 g/mol. The van der Waals surface area contributed by atoms with Gasteiger partial charge in [-0.25, -0.2) is 8.42 Å². The van der Waals surface area contributed by atoms with Crippen LogP contribution >= 0.6 is 0 Å². The summed E-state index contributed by atoms with van der Waals surface area (Å²) < 4.78 is 39.6. The molecular weight excluding hydrogens is 438 g/mol. The van der Waals surface area contributed by atoms with Crippen molar-refractivity contribution in [3.05, 3.63) is 42.0 Å². The van der Waals surface area contributed by atoms with Crippen molar-refractivity contribution in [2.75, 3.05) is 45.3 Å². The molecule has 0 unspecified atom stereocenters. The molecule has 0 aromatic heterocycles. The van der Waals surface area contributed by atoms with E-state index >= 15 is 0 Å². The van der Waals surface area contributed by atoms with Crippen LogP contribution in [0.2, 0.25) is 0 Å². The van der Waals surface area contributed by atoms with E-state index in [1.165, 1.54) is 6.42 Å². The Hall–Kier alpha value is -2.58. The number of hydrogen-bond donors (Lipinski definition) is 0. The largest absolute Gasteiger partial charge is 0.493 e. The lowest BCUT2D eigenvalue weighted by Crippen LogP contribution is -2.37. The lowest BCUT2D eigenvalue weighted by atomic mass is 10.1. The second kappa shape index (κ2) is 10.6. The Labute approximate surface area is 197 Å². The highest BCUT2D eigenvalue weighted by molar-refractivity contribution is 7.89. The first-order chi connectivity index (χ1) is 16.0. The molecule has 2 aromatic carbocycles. The molecule has 8 heteroatoms. The molecule has 2 aromatic rings. The maximum atomic E-state index is 13.6. The zero-order valence-electron chi connectivity index (χ0n) is 19.5. The Kier molecular flexibility index (Phi) is 7.55. The topological polar surface area (TPSA) is 71.4 Å². The van der Waals surface area contributed by atoms with Crippen LogP contribution in [0.3, 0.4) is 0 Å². The summed E-state index contributed by atoms with van der Waals surface area (Å²) in [5, 5.41) is 0. The van der Waals surface area contributed by atoms with Gasteiger partial charge in [0.2, 0.25) is 10.0 Å². The predicted octanol–water partition coefficient (Wildman–Crippen LogP) is 4.62. The molecule has 0 aliphatic carbocycles. The van der Waals surface area contributed by atoms with Gasteiger partial charge in [-0.3, -0.25) is 4.99 Å². The maximum absolute atomic E-state index is 13.6. The van der Waals surface area contributed by atoms with Crippen molar-refractivity contribution in [3.8, 4) is 11.5 Å². The molecule has 0 spiro atoms. The van der Waals surface area contributed by atoms with E-state index in [2.05, 4.69) is 9.89 Å². The van der Waals surface area contributed by atoms with Gasteiger partial charge in [-0.15, -0.1) is 0 Å². The Balaban J connectivity index is 1.68. The molecule has 0 radical (unpaired) electrons. The Morgan fingerprint density at radius 3 is 2.15 bits per heavy atom. The van der Waals surface area contributed by atoms with Crippen molar-refractivity contribution >= 4 is 27.6 Å². The van der Waals surface area contributed by atoms with Gasteiger partial charge in [0.05, 0.1) is 25.6 Å². The summed E-state index contributed by atoms with van der Waals surface area (Å²) in [6, 6.07) is 11.1. The molecule has 33 heavy (non-hydrogen) atoms. The van der Waals surface area contributed by atoms with Gasteiger partial charge in [0, 0.05) is 32.4 Å². The number of rotatable bonds is 7. The highest BCUT2D eigenvalue weighted by atomic mass is 32.2. The minimum absolute atomic E-state index is 0.369. The van der Waals surface area contributed by atoms with Gasteiger partial charge >= 0.3 is 0 Å². The molecule has 0 saturated carbocycles. The van der Waals surface area contributed by atoms with Gasteiger partial charge in [0.1, 0.15) is 4.90 Å². The normalized spacial score (nSPS) is 17.9. The monoisotopic (exact) mass is 471 g/mol. The van der Waals surface area contributed by atoms with Gasteiger partial charge in [-0.2, -0.15) is 4.31 Å². The van der Waals surface area contributed by atoms with E-state index in [4.69, 9.17) is 9.47 Å². The number of benzene rings is 2. The van der Waals surface area contributed by atoms with Crippen LogP contribution in [0, 0.1) is 0 Å². The number of hydrogen-bond acceptors (Lipinski definition) is 6. The SMILES string of the molecule is COc1ccc(C=Nc2ccc(N3CCCCC3)c(S(=O)(=O)N3CCCCC3)c2)cc1OC. The zero-order valence-corrected chi connectivity index (χ0v) is 20.3. The van der Waals surface area contributed by atoms with Crippen molar-refractivity contribution in [1.29, 1.82) is 0 Å². The van der Waals surface area contributed by atoms with E-state index < -0.39 is 10.0 Å². The third-order valence-corrected chi connectivity index (χ3v) is 8.27. The minimum Gasteiger partial charge on any atom is -0.493 e. The van der Waals surface area contributed by atoms with Crippen molar-refractivity contribution < 1.29 is 17.9 Å². The molecule has 7 nitrogen and oxygen atoms in total. The van der Waals surface area contributed by atoms with Gasteiger partial charge < -0.3 is 14.4 Å². The molecule has 0 atom stereocenters. The molecular formula is C25H33N3O4S. The number of aliphatic imine (C=N–C) groups is 1. The average Bonchev–Trinajstić information content (AvgIpc) is 2.88. The van der Waals surface area contributed by atoms with Crippen LogP contribution in [-0.4, -0.2) is 59.3 Å². The summed E-state index contributed by atoms with van der Waals surface area (Å²) in [6.45, 7) is 2.94. The zero-order chi connectivity index (χ0) is 23.3. The third-order valence-electron chi connectivity index (χ3n) is 6.34. The number of sulfonamides is 1. The van der Waals surface area contributed by atoms with Gasteiger partial charge in [0.25, 0.3) is 0 Å². The van der Waals surface area contributed by atoms with E-state index in [1.807, 2.05) is 30.3 Å². The maximum Gasteiger partial charge on any atom is 0.245 e. The van der Waals surface area contributed by atoms with Crippen LogP contribution in [0.1, 0.15) is 44.1 Å². The Bertz CT molecular complexity index is 1090. The Morgan fingerprint density at radius 1 is 0.818 bits per heavy atom. The number of nitrogens with zero attached hydrogens (tertiary/aromatic N) is 3. The van der Waals surface area contributed by atoms with Crippen LogP contribution in [0.5, 0.6) is 11.5 Å². The van der Waals surface area contributed by atoms with E-state index in [0.717, 1.165) is 56.4 Å². The van der Waals surface area contributed by atoms with E-state index in [0.29, 0.717) is 35.2 Å². The molecule has 2 heterocycles. The molecule has 2 saturated heterocycles. The lowest BCUT2D eigenvalue weighted by molar-refractivity contribution is 0.346. The first-order valence-corrected chi connectivity index (χ1v) is 13.1. The van der Waals surface area contributed by atoms with Crippen molar-refractivity contribution in [3.63, 3.8) is 0 Å². The number of methoxy groups -OCH3 is 2. The fraction of sp³-hybridized carbons (Fsp3) is 0.480. The first kappa shape index (κ1) is 23.6. The van der Waals surface area contributed by atoms with Crippen LogP contribution < -0.4 is 14.4 Å². The molecule has 0 amide bonds. The summed E-state index contributed by atoms with van der Waals surface area (Å²) in [5.41, 5.74) is 2.25. The van der Waals surface area contributed by atoms with Gasteiger partial charge in [0.15, 0.2) is 11.5 Å². The lowest BCUT2D eigenvalue weighted by Gasteiger charge is -2.32. The molecule has 2 aliphatic rings. The number of anilines is 1. The number of piperidine rings is 2. The summed E-state index contributed by atoms with van der Waals surface area (Å²) in [6.07, 6.45) is 7.99. The van der Waals surface area contributed by atoms with Gasteiger partial charge in [-0.1, -0.05) is 6.42 Å². The van der Waals surface area contributed by atoms with Crippen LogP contribution in [0.4, 0.5) is 11.4 Å². The summed E-state index contributed by atoms with van der Waals surface area (Å²) >= 11 is 0. The van der Waals surface area contributed by atoms with E-state index in [1.54, 1.807) is 30.8 Å². The standard InChI is InChI=1S/C25H33N3O4S/c1-31-23-12-9-20(17-24(23)32-2)19-26-21-10-11-22(27-13-5-3-6-14-27)25(18-21)33(29,30)28-15-7-4-8-16-28/h9-12,17-19H,3-8,13-16H2,1-2H3. The van der Waals surface area contributed by atoms with Crippen LogP contribution in [0.25, 0.3) is 0 Å². The van der Waals surface area contributed by atoms with Crippen LogP contribution in [-0.2, 0) is 10.0 Å². The van der Waals surface area contributed by atoms with Crippen molar-refractivity contribution in [1.82, 2.24) is 4.31 Å². The van der Waals surface area contributed by atoms with E-state index in [9.17, 15) is 8.42 Å². The predicted molar refractivity (Wildman–Crippen MR) is 132 cm³/mol. The van der Waals surface area contributed by atoms with Crippen molar-refractivity contribution in [2.24, 2.45) is 4.99 Å². The molecule has 0 N–H and O–H groups in total. The minimum atomic E-state index is -3.59. The van der Waals surface area contributed by atoms with Gasteiger partial charge in [-0.05, 0) is 74.1 Å². The highest BCUT2D eigenvalue weighted by Gasteiger charge is 2.30. The summed E-state index contributed by atoms with van der Waals surface area (Å²) in [7, 11) is -0.396. The number of ether oxygens (including phenoxy) is 2. The second-order valence-corrected chi connectivity index (χ2v) is 10.4. The fourth-order valence-electron chi connectivity index (χ4n) is 4.51. The smallest absolute Gasteiger partial charge is 0.245 e. The highest BCUT2D eigenvalue weighted by Crippen LogP contribution is 2.34. The van der Waals surface area contributed by atoms with E-state index in [-0.39, 0.29) is 0 Å². The third kappa shape index (κ3) is 5.33. The molecule has 2 aliphatic heterocycles. The first-order valence-electron chi connectivity index (χ1n) is 11.7. The quantitative estimate of drug-likeness (QED) is 0.551. The van der Waals surface area contributed by atoms with Crippen molar-refractivity contribution in [2.45, 2.75) is 43.4 Å². The molecule has 2 fully saturated rings. The second-order valence-electron chi connectivity index (χ2n) is 8.54. The molecule has 4 rings (SSSR count). The Morgan fingerprint density at radius 2 is 1.48 bits per heavy atom. The summed E-state index contributed by atoms with van der Waals surface area (Å²) in [5.74, 6) is 1.27. The van der Waals surface area contributed by atoms with Crippen LogP contribution in [0.15, 0.2) is 46.3 Å². The molecule has 178 valence electrons. The fourth-order valence-corrected chi connectivity index (χ4v) is 6.26.